The van der Waals surface area contributed by atoms with E-state index in [2.05, 4.69) is 24.0 Å². The topological polar surface area (TPSA) is 63.2 Å². The van der Waals surface area contributed by atoms with Crippen molar-refractivity contribution in [2.45, 2.75) is 6.92 Å². The summed E-state index contributed by atoms with van der Waals surface area (Å²) in [5.74, 6) is -0.310. The monoisotopic (exact) mass is 224 g/mol. The molecule has 0 saturated heterocycles. The van der Waals surface area contributed by atoms with Crippen LogP contribution in [0, 0.1) is 0 Å². The highest BCUT2D eigenvalue weighted by molar-refractivity contribution is 5.70. The van der Waals surface area contributed by atoms with Crippen molar-refractivity contribution in [1.29, 1.82) is 0 Å². The minimum absolute atomic E-state index is 0.0494. The summed E-state index contributed by atoms with van der Waals surface area (Å²) in [6.07, 6.45) is 0. The van der Waals surface area contributed by atoms with E-state index in [4.69, 9.17) is 0 Å². The zero-order chi connectivity index (χ0) is 11.9. The number of carbonyl (C=O) groups is 1. The molecule has 6 heteroatoms. The van der Waals surface area contributed by atoms with Crippen molar-refractivity contribution >= 4 is 5.97 Å². The Morgan fingerprint density at radius 1 is 1.07 bits per heavy atom. The van der Waals surface area contributed by atoms with Crippen molar-refractivity contribution < 1.29 is 28.8 Å². The van der Waals surface area contributed by atoms with Gasteiger partial charge in [0.2, 0.25) is 0 Å². The predicted octanol–water partition coefficient (Wildman–Crippen LogP) is 0.407. The molecule has 15 heavy (non-hydrogen) atoms. The Balaban J connectivity index is 0. The van der Waals surface area contributed by atoms with Gasteiger partial charge >= 0.3 is 5.97 Å². The molecule has 0 rings (SSSR count). The van der Waals surface area contributed by atoms with E-state index in [1.807, 2.05) is 0 Å². The molecule has 0 saturated carbocycles. The van der Waals surface area contributed by atoms with E-state index in [9.17, 15) is 4.79 Å². The third-order valence-corrected chi connectivity index (χ3v) is 1.06. The highest BCUT2D eigenvalue weighted by atomic mass is 17.2. The maximum absolute atomic E-state index is 10.3. The fraction of sp³-hybridized carbons (Fsp3) is 0.889. The van der Waals surface area contributed by atoms with Gasteiger partial charge in [-0.15, -0.1) is 0 Å². The van der Waals surface area contributed by atoms with Gasteiger partial charge in [0.15, 0.2) is 0 Å². The van der Waals surface area contributed by atoms with Gasteiger partial charge in [0.1, 0.15) is 13.2 Å². The van der Waals surface area contributed by atoms with Crippen LogP contribution in [0.25, 0.3) is 0 Å². The Hall–Kier alpha value is -0.690. The smallest absolute Gasteiger partial charge is 0.332 e. The van der Waals surface area contributed by atoms with Gasteiger partial charge in [-0.25, -0.2) is 14.6 Å². The van der Waals surface area contributed by atoms with Crippen LogP contribution in [-0.4, -0.2) is 53.7 Å². The molecule has 0 aromatic carbocycles. The third kappa shape index (κ3) is 19.6. The first-order chi connectivity index (χ1) is 7.22. The second kappa shape index (κ2) is 15.8. The molecule has 0 amide bonds. The number of rotatable bonds is 7. The Labute approximate surface area is 90.3 Å². The zero-order valence-corrected chi connectivity index (χ0v) is 9.78. The average molecular weight is 224 g/mol. The molecular weight excluding hydrogens is 204 g/mol. The number of hydrogen-bond acceptors (Lipinski definition) is 6. The fourth-order valence-corrected chi connectivity index (χ4v) is 0.521. The lowest BCUT2D eigenvalue weighted by Crippen LogP contribution is -2.10. The number of carbonyl (C=O) groups excluding carboxylic acids is 1. The maximum Gasteiger partial charge on any atom is 0.332 e. The summed E-state index contributed by atoms with van der Waals surface area (Å²) in [6, 6.07) is 0. The summed E-state index contributed by atoms with van der Waals surface area (Å²) in [4.78, 5) is 19.0. The number of hydrogen-bond donors (Lipinski definition) is 0. The number of esters is 1. The Kier molecular flexibility index (Phi) is 17.6. The van der Waals surface area contributed by atoms with Crippen molar-refractivity contribution in [2.75, 3.05) is 47.8 Å². The molecular formula is C9H20O6. The molecule has 0 fully saturated rings. The fourth-order valence-electron chi connectivity index (χ4n) is 0.521. The lowest BCUT2D eigenvalue weighted by molar-refractivity contribution is -0.276. The van der Waals surface area contributed by atoms with Gasteiger partial charge in [0, 0.05) is 14.2 Å². The summed E-state index contributed by atoms with van der Waals surface area (Å²) in [5.41, 5.74) is 0. The van der Waals surface area contributed by atoms with Crippen LogP contribution < -0.4 is 0 Å². The van der Waals surface area contributed by atoms with Gasteiger partial charge in [-0.1, -0.05) is 0 Å². The minimum Gasteiger partial charge on any atom is -0.464 e. The van der Waals surface area contributed by atoms with Crippen LogP contribution in [-0.2, 0) is 28.8 Å². The summed E-state index contributed by atoms with van der Waals surface area (Å²) in [7, 11) is 4.53. The first kappa shape index (κ1) is 16.7. The molecule has 0 radical (unpaired) electrons. The predicted molar refractivity (Wildman–Crippen MR) is 53.3 cm³/mol. The van der Waals surface area contributed by atoms with Crippen LogP contribution >= 0.6 is 0 Å². The first-order valence-corrected chi connectivity index (χ1v) is 4.52. The number of methoxy groups -OCH3 is 2. The molecule has 0 spiro atoms. The van der Waals surface area contributed by atoms with Crippen LogP contribution in [0.5, 0.6) is 0 Å². The lowest BCUT2D eigenvalue weighted by atomic mass is 10.7. The van der Waals surface area contributed by atoms with Gasteiger partial charge in [0.05, 0.1) is 20.3 Å². The Bertz CT molecular complexity index is 116. The van der Waals surface area contributed by atoms with Crippen molar-refractivity contribution in [3.63, 3.8) is 0 Å². The summed E-state index contributed by atoms with van der Waals surface area (Å²) in [6.45, 7) is 3.30. The summed E-state index contributed by atoms with van der Waals surface area (Å²) >= 11 is 0. The molecule has 0 aromatic rings. The van der Waals surface area contributed by atoms with E-state index in [1.165, 1.54) is 14.2 Å². The molecule has 6 nitrogen and oxygen atoms in total. The van der Waals surface area contributed by atoms with Gasteiger partial charge < -0.3 is 14.2 Å². The molecule has 92 valence electrons. The van der Waals surface area contributed by atoms with Gasteiger partial charge in [-0.3, -0.25) is 0 Å². The Morgan fingerprint density at radius 3 is 2.13 bits per heavy atom. The van der Waals surface area contributed by atoms with Crippen molar-refractivity contribution in [3.05, 3.63) is 0 Å². The third-order valence-electron chi connectivity index (χ3n) is 1.06. The normalized spacial score (nSPS) is 9.07. The van der Waals surface area contributed by atoms with Crippen molar-refractivity contribution in [3.8, 4) is 0 Å². The molecule has 0 bridgehead atoms. The molecule has 0 aliphatic heterocycles. The average Bonchev–Trinajstić information content (AvgIpc) is 2.20. The minimum atomic E-state index is -0.310. The molecule has 0 aliphatic carbocycles. The van der Waals surface area contributed by atoms with E-state index in [0.717, 1.165) is 0 Å². The Morgan fingerprint density at radius 2 is 1.73 bits per heavy atom. The number of ether oxygens (including phenoxy) is 3. The molecule has 0 atom stereocenters. The highest BCUT2D eigenvalue weighted by Crippen LogP contribution is 1.76. The standard InChI is InChI=1S/C5H10O3.C4H10O3/c1-3-8-5(6)4-7-2;1-5-3-4-7-6-2/h3-4H2,1-2H3;3-4H2,1-2H3. The first-order valence-electron chi connectivity index (χ1n) is 4.52. The second-order valence-electron chi connectivity index (χ2n) is 2.22. The largest absolute Gasteiger partial charge is 0.464 e. The van der Waals surface area contributed by atoms with E-state index < -0.39 is 0 Å². The molecule has 0 aromatic heterocycles. The van der Waals surface area contributed by atoms with E-state index >= 15 is 0 Å². The summed E-state index contributed by atoms with van der Waals surface area (Å²) < 4.78 is 13.6. The van der Waals surface area contributed by atoms with Crippen LogP contribution in [0.1, 0.15) is 6.92 Å². The SMILES string of the molecule is CCOC(=O)COC.COCCOOC. The van der Waals surface area contributed by atoms with Gasteiger partial charge in [-0.05, 0) is 6.92 Å². The molecule has 0 heterocycles. The van der Waals surface area contributed by atoms with Crippen LogP contribution in [0.4, 0.5) is 0 Å². The van der Waals surface area contributed by atoms with Crippen LogP contribution in [0.2, 0.25) is 0 Å². The zero-order valence-electron chi connectivity index (χ0n) is 9.78. The maximum atomic E-state index is 10.3. The van der Waals surface area contributed by atoms with E-state index in [0.29, 0.717) is 19.8 Å². The summed E-state index contributed by atoms with van der Waals surface area (Å²) in [5, 5.41) is 0. The quantitative estimate of drug-likeness (QED) is 0.270. The molecule has 0 N–H and O–H groups in total. The van der Waals surface area contributed by atoms with Crippen molar-refractivity contribution in [1.82, 2.24) is 0 Å². The lowest BCUT2D eigenvalue weighted by Gasteiger charge is -1.97. The van der Waals surface area contributed by atoms with E-state index in [1.54, 1.807) is 14.0 Å². The van der Waals surface area contributed by atoms with Crippen LogP contribution in [0.3, 0.4) is 0 Å². The van der Waals surface area contributed by atoms with E-state index in [-0.39, 0.29) is 12.6 Å². The second-order valence-corrected chi connectivity index (χ2v) is 2.22. The van der Waals surface area contributed by atoms with Gasteiger partial charge in [-0.2, -0.15) is 0 Å². The van der Waals surface area contributed by atoms with Crippen LogP contribution in [0.15, 0.2) is 0 Å². The molecule has 0 unspecified atom stereocenters. The van der Waals surface area contributed by atoms with Gasteiger partial charge in [0.25, 0.3) is 0 Å². The highest BCUT2D eigenvalue weighted by Gasteiger charge is 1.96. The molecule has 0 aliphatic rings. The van der Waals surface area contributed by atoms with Crippen molar-refractivity contribution in [2.24, 2.45) is 0 Å².